The number of hydrogen-bond donors (Lipinski definition) is 1. The third kappa shape index (κ3) is 2.11. The minimum atomic E-state index is -0.565. The largest absolute Gasteiger partial charge is 0.462 e. The van der Waals surface area contributed by atoms with E-state index >= 15 is 0 Å². The Kier molecular flexibility index (Phi) is 3.41. The first-order valence-electron chi connectivity index (χ1n) is 5.81. The molecule has 0 fully saturated rings. The molecule has 0 atom stereocenters. The van der Waals surface area contributed by atoms with Crippen molar-refractivity contribution in [1.29, 1.82) is 0 Å². The quantitative estimate of drug-likeness (QED) is 0.497. The molecular formula is C13H13NO4. The third-order valence-electron chi connectivity index (χ3n) is 2.71. The number of hydrogen-bond acceptors (Lipinski definition) is 4. The van der Waals surface area contributed by atoms with E-state index in [0.717, 1.165) is 12.8 Å². The monoisotopic (exact) mass is 247 g/mol. The SMILES string of the molecule is CCCCOC(=O)c1cccc2c1C(=O)NC2=O. The molecule has 1 aromatic rings. The molecule has 1 N–H and O–H groups in total. The summed E-state index contributed by atoms with van der Waals surface area (Å²) < 4.78 is 5.05. The number of carbonyl (C=O) groups is 3. The van der Waals surface area contributed by atoms with Crippen LogP contribution >= 0.6 is 0 Å². The molecule has 1 heterocycles. The van der Waals surface area contributed by atoms with E-state index in [1.807, 2.05) is 6.92 Å². The minimum absolute atomic E-state index is 0.115. The smallest absolute Gasteiger partial charge is 0.338 e. The Balaban J connectivity index is 2.27. The van der Waals surface area contributed by atoms with E-state index < -0.39 is 17.8 Å². The lowest BCUT2D eigenvalue weighted by Crippen LogP contribution is -2.21. The highest BCUT2D eigenvalue weighted by Crippen LogP contribution is 2.20. The predicted molar refractivity (Wildman–Crippen MR) is 63.4 cm³/mol. The molecule has 0 aromatic heterocycles. The maximum absolute atomic E-state index is 11.8. The van der Waals surface area contributed by atoms with Gasteiger partial charge < -0.3 is 4.74 Å². The summed E-state index contributed by atoms with van der Waals surface area (Å²) in [7, 11) is 0. The molecule has 0 radical (unpaired) electrons. The van der Waals surface area contributed by atoms with Crippen LogP contribution in [0.3, 0.4) is 0 Å². The Morgan fingerprint density at radius 2 is 2.06 bits per heavy atom. The first-order valence-corrected chi connectivity index (χ1v) is 5.81. The minimum Gasteiger partial charge on any atom is -0.462 e. The number of benzene rings is 1. The molecule has 1 aliphatic heterocycles. The Bertz CT molecular complexity index is 522. The van der Waals surface area contributed by atoms with Crippen molar-refractivity contribution in [2.24, 2.45) is 0 Å². The Morgan fingerprint density at radius 1 is 1.28 bits per heavy atom. The summed E-state index contributed by atoms with van der Waals surface area (Å²) in [5, 5.41) is 2.16. The van der Waals surface area contributed by atoms with Gasteiger partial charge in [0.05, 0.1) is 23.3 Å². The van der Waals surface area contributed by atoms with Gasteiger partial charge >= 0.3 is 5.97 Å². The normalized spacial score (nSPS) is 13.2. The van der Waals surface area contributed by atoms with Gasteiger partial charge in [-0.1, -0.05) is 19.4 Å². The lowest BCUT2D eigenvalue weighted by molar-refractivity contribution is 0.0496. The van der Waals surface area contributed by atoms with Crippen molar-refractivity contribution >= 4 is 17.8 Å². The van der Waals surface area contributed by atoms with Crippen LogP contribution in [-0.4, -0.2) is 24.4 Å². The lowest BCUT2D eigenvalue weighted by Gasteiger charge is -2.06. The number of fused-ring (bicyclic) bond motifs is 1. The van der Waals surface area contributed by atoms with Crippen LogP contribution in [0.1, 0.15) is 50.8 Å². The van der Waals surface area contributed by atoms with Crippen molar-refractivity contribution in [3.63, 3.8) is 0 Å². The zero-order valence-electron chi connectivity index (χ0n) is 9.99. The maximum atomic E-state index is 11.8. The summed E-state index contributed by atoms with van der Waals surface area (Å²) in [5.41, 5.74) is 0.487. The van der Waals surface area contributed by atoms with E-state index in [4.69, 9.17) is 4.74 Å². The molecule has 5 heteroatoms. The van der Waals surface area contributed by atoms with Crippen molar-refractivity contribution in [2.45, 2.75) is 19.8 Å². The molecule has 94 valence electrons. The molecule has 0 spiro atoms. The third-order valence-corrected chi connectivity index (χ3v) is 2.71. The molecule has 0 bridgehead atoms. The average Bonchev–Trinajstić information content (AvgIpc) is 2.65. The number of amides is 2. The zero-order chi connectivity index (χ0) is 13.1. The highest BCUT2D eigenvalue weighted by atomic mass is 16.5. The van der Waals surface area contributed by atoms with E-state index in [0.29, 0.717) is 6.61 Å². The van der Waals surface area contributed by atoms with Crippen LogP contribution in [0.15, 0.2) is 18.2 Å². The zero-order valence-corrected chi connectivity index (χ0v) is 9.99. The molecule has 0 aliphatic carbocycles. The van der Waals surface area contributed by atoms with Crippen LogP contribution in [0.5, 0.6) is 0 Å². The second-order valence-electron chi connectivity index (χ2n) is 4.00. The molecule has 18 heavy (non-hydrogen) atoms. The summed E-state index contributed by atoms with van der Waals surface area (Å²) in [6.45, 7) is 2.30. The standard InChI is InChI=1S/C13H13NO4/c1-2-3-7-18-13(17)9-6-4-5-8-10(9)12(16)14-11(8)15/h4-6H,2-3,7H2,1H3,(H,14,15,16). The van der Waals surface area contributed by atoms with Crippen molar-refractivity contribution in [3.05, 3.63) is 34.9 Å². The molecule has 2 rings (SSSR count). The van der Waals surface area contributed by atoms with Gasteiger partial charge in [0.1, 0.15) is 0 Å². The maximum Gasteiger partial charge on any atom is 0.338 e. The molecule has 0 unspecified atom stereocenters. The molecule has 2 amide bonds. The fraction of sp³-hybridized carbons (Fsp3) is 0.308. The molecule has 0 saturated heterocycles. The number of esters is 1. The van der Waals surface area contributed by atoms with Gasteiger partial charge in [0, 0.05) is 0 Å². The summed E-state index contributed by atoms with van der Waals surface area (Å²) in [6.07, 6.45) is 1.69. The fourth-order valence-electron chi connectivity index (χ4n) is 1.78. The first-order chi connectivity index (χ1) is 8.65. The number of rotatable bonds is 4. The van der Waals surface area contributed by atoms with Crippen LogP contribution in [-0.2, 0) is 4.74 Å². The van der Waals surface area contributed by atoms with Gasteiger partial charge in [0.25, 0.3) is 11.8 Å². The number of carbonyl (C=O) groups excluding carboxylic acids is 3. The van der Waals surface area contributed by atoms with Gasteiger partial charge in [-0.2, -0.15) is 0 Å². The van der Waals surface area contributed by atoms with Crippen LogP contribution < -0.4 is 5.32 Å². The van der Waals surface area contributed by atoms with Crippen LogP contribution in [0, 0.1) is 0 Å². The second-order valence-corrected chi connectivity index (χ2v) is 4.00. The average molecular weight is 247 g/mol. The van der Waals surface area contributed by atoms with Gasteiger partial charge in [-0.05, 0) is 18.6 Å². The highest BCUT2D eigenvalue weighted by Gasteiger charge is 2.31. The summed E-state index contributed by atoms with van der Waals surface area (Å²) in [5.74, 6) is -1.58. The fourth-order valence-corrected chi connectivity index (χ4v) is 1.78. The van der Waals surface area contributed by atoms with Crippen molar-refractivity contribution in [3.8, 4) is 0 Å². The van der Waals surface area contributed by atoms with Gasteiger partial charge in [-0.3, -0.25) is 14.9 Å². The number of unbranched alkanes of at least 4 members (excludes halogenated alkanes) is 1. The van der Waals surface area contributed by atoms with Crippen LogP contribution in [0.2, 0.25) is 0 Å². The number of ether oxygens (including phenoxy) is 1. The van der Waals surface area contributed by atoms with E-state index in [9.17, 15) is 14.4 Å². The predicted octanol–water partition coefficient (Wildman–Crippen LogP) is 1.53. The molecule has 1 aliphatic rings. The van der Waals surface area contributed by atoms with Crippen molar-refractivity contribution < 1.29 is 19.1 Å². The summed E-state index contributed by atoms with van der Waals surface area (Å²) >= 11 is 0. The van der Waals surface area contributed by atoms with E-state index in [1.54, 1.807) is 6.07 Å². The number of imide groups is 1. The topological polar surface area (TPSA) is 72.5 Å². The van der Waals surface area contributed by atoms with Crippen molar-refractivity contribution in [1.82, 2.24) is 5.32 Å². The molecular weight excluding hydrogens is 234 g/mol. The van der Waals surface area contributed by atoms with Crippen molar-refractivity contribution in [2.75, 3.05) is 6.61 Å². The number of nitrogens with one attached hydrogen (secondary N) is 1. The Morgan fingerprint density at radius 3 is 2.78 bits per heavy atom. The molecule has 5 nitrogen and oxygen atoms in total. The molecule has 1 aromatic carbocycles. The van der Waals surface area contributed by atoms with Gasteiger partial charge in [0.2, 0.25) is 0 Å². The second kappa shape index (κ2) is 5.00. The first kappa shape index (κ1) is 12.3. The van der Waals surface area contributed by atoms with E-state index in [2.05, 4.69) is 5.32 Å². The Labute approximate surface area is 104 Å². The van der Waals surface area contributed by atoms with E-state index in [-0.39, 0.29) is 16.7 Å². The van der Waals surface area contributed by atoms with Gasteiger partial charge in [-0.15, -0.1) is 0 Å². The van der Waals surface area contributed by atoms with Gasteiger partial charge in [0.15, 0.2) is 0 Å². The Hall–Kier alpha value is -2.17. The van der Waals surface area contributed by atoms with E-state index in [1.165, 1.54) is 12.1 Å². The van der Waals surface area contributed by atoms with Crippen LogP contribution in [0.25, 0.3) is 0 Å². The molecule has 0 saturated carbocycles. The van der Waals surface area contributed by atoms with Gasteiger partial charge in [-0.25, -0.2) is 4.79 Å². The summed E-state index contributed by atoms with van der Waals surface area (Å²) in [6, 6.07) is 4.57. The lowest BCUT2D eigenvalue weighted by atomic mass is 10.0. The highest BCUT2D eigenvalue weighted by molar-refractivity contribution is 6.24. The summed E-state index contributed by atoms with van der Waals surface area (Å²) in [4.78, 5) is 34.8. The van der Waals surface area contributed by atoms with Crippen LogP contribution in [0.4, 0.5) is 0 Å².